The van der Waals surface area contributed by atoms with E-state index in [1.165, 1.54) is 19.1 Å². The van der Waals surface area contributed by atoms with Crippen LogP contribution in [-0.2, 0) is 12.0 Å². The first-order chi connectivity index (χ1) is 9.28. The molecule has 1 atom stereocenters. The zero-order chi connectivity index (χ0) is 14.9. The van der Waals surface area contributed by atoms with Gasteiger partial charge in [0, 0.05) is 17.5 Å². The molecule has 20 heavy (non-hydrogen) atoms. The SMILES string of the molecule is CC(O)(Cc1ccc(F)cc1Cl)c1cc(F)cc(F)c1. The predicted octanol–water partition coefficient (Wildman–Crippen LogP) is 4.21. The van der Waals surface area contributed by atoms with Crippen molar-refractivity contribution in [3.63, 3.8) is 0 Å². The van der Waals surface area contributed by atoms with Gasteiger partial charge in [-0.05, 0) is 42.3 Å². The highest BCUT2D eigenvalue weighted by Crippen LogP contribution is 2.29. The van der Waals surface area contributed by atoms with Crippen LogP contribution in [0, 0.1) is 17.5 Å². The van der Waals surface area contributed by atoms with Gasteiger partial charge in [0.2, 0.25) is 0 Å². The second kappa shape index (κ2) is 5.46. The summed E-state index contributed by atoms with van der Waals surface area (Å²) < 4.78 is 39.4. The van der Waals surface area contributed by atoms with Crippen molar-refractivity contribution in [3.05, 3.63) is 70.0 Å². The van der Waals surface area contributed by atoms with Crippen LogP contribution in [0.5, 0.6) is 0 Å². The van der Waals surface area contributed by atoms with Gasteiger partial charge in [-0.1, -0.05) is 17.7 Å². The van der Waals surface area contributed by atoms with Gasteiger partial charge in [0.15, 0.2) is 0 Å². The Kier molecular flexibility index (Phi) is 4.06. The van der Waals surface area contributed by atoms with Crippen LogP contribution >= 0.6 is 11.6 Å². The Labute approximate surface area is 119 Å². The third-order valence-electron chi connectivity index (χ3n) is 3.03. The summed E-state index contributed by atoms with van der Waals surface area (Å²) in [7, 11) is 0. The lowest BCUT2D eigenvalue weighted by molar-refractivity contribution is 0.0569. The molecule has 2 aromatic carbocycles. The average molecular weight is 301 g/mol. The molecular weight excluding hydrogens is 289 g/mol. The maximum Gasteiger partial charge on any atom is 0.126 e. The summed E-state index contributed by atoms with van der Waals surface area (Å²) >= 11 is 5.89. The Morgan fingerprint density at radius 2 is 1.60 bits per heavy atom. The second-order valence-electron chi connectivity index (χ2n) is 4.84. The highest BCUT2D eigenvalue weighted by atomic mass is 35.5. The van der Waals surface area contributed by atoms with Crippen molar-refractivity contribution in [2.75, 3.05) is 0 Å². The molecule has 5 heteroatoms. The van der Waals surface area contributed by atoms with Gasteiger partial charge in [0.05, 0.1) is 5.60 Å². The molecule has 0 saturated heterocycles. The Balaban J connectivity index is 2.34. The van der Waals surface area contributed by atoms with E-state index >= 15 is 0 Å². The Morgan fingerprint density at radius 3 is 2.15 bits per heavy atom. The van der Waals surface area contributed by atoms with E-state index in [1.54, 1.807) is 0 Å². The number of halogens is 4. The van der Waals surface area contributed by atoms with E-state index in [1.807, 2.05) is 0 Å². The summed E-state index contributed by atoms with van der Waals surface area (Å²) in [5.74, 6) is -2.04. The van der Waals surface area contributed by atoms with E-state index in [2.05, 4.69) is 0 Å². The standard InChI is InChI=1S/C15H12ClF3O/c1-15(20,10-4-12(18)6-13(19)5-10)8-9-2-3-11(17)7-14(9)16/h2-7,20H,8H2,1H3. The van der Waals surface area contributed by atoms with Gasteiger partial charge in [0.25, 0.3) is 0 Å². The largest absolute Gasteiger partial charge is 0.385 e. The lowest BCUT2D eigenvalue weighted by atomic mass is 9.89. The van der Waals surface area contributed by atoms with E-state index in [-0.39, 0.29) is 17.0 Å². The maximum atomic E-state index is 13.2. The predicted molar refractivity (Wildman–Crippen MR) is 71.0 cm³/mol. The summed E-state index contributed by atoms with van der Waals surface area (Å²) in [5, 5.41) is 10.6. The fraction of sp³-hybridized carbons (Fsp3) is 0.200. The first-order valence-corrected chi connectivity index (χ1v) is 6.28. The summed E-state index contributed by atoms with van der Waals surface area (Å²) in [6, 6.07) is 6.61. The van der Waals surface area contributed by atoms with Crippen LogP contribution in [0.2, 0.25) is 5.02 Å². The number of hydrogen-bond donors (Lipinski definition) is 1. The van der Waals surface area contributed by atoms with Crippen molar-refractivity contribution in [3.8, 4) is 0 Å². The summed E-state index contributed by atoms with van der Waals surface area (Å²) in [4.78, 5) is 0. The van der Waals surface area contributed by atoms with Crippen molar-refractivity contribution in [2.24, 2.45) is 0 Å². The van der Waals surface area contributed by atoms with Crippen LogP contribution in [0.1, 0.15) is 18.1 Å². The topological polar surface area (TPSA) is 20.2 Å². The molecule has 0 heterocycles. The van der Waals surface area contributed by atoms with Crippen LogP contribution in [0.4, 0.5) is 13.2 Å². The normalized spacial score (nSPS) is 14.1. The van der Waals surface area contributed by atoms with Crippen molar-refractivity contribution in [2.45, 2.75) is 18.9 Å². The average Bonchev–Trinajstić information content (AvgIpc) is 2.31. The smallest absolute Gasteiger partial charge is 0.126 e. The monoisotopic (exact) mass is 300 g/mol. The minimum absolute atomic E-state index is 0.00894. The van der Waals surface area contributed by atoms with E-state index in [0.29, 0.717) is 5.56 Å². The molecule has 2 rings (SSSR count). The number of hydrogen-bond acceptors (Lipinski definition) is 1. The molecule has 0 saturated carbocycles. The van der Waals surface area contributed by atoms with Crippen LogP contribution in [0.25, 0.3) is 0 Å². The van der Waals surface area contributed by atoms with E-state index in [9.17, 15) is 18.3 Å². The van der Waals surface area contributed by atoms with Gasteiger partial charge < -0.3 is 5.11 Å². The number of rotatable bonds is 3. The molecule has 0 aliphatic rings. The molecule has 0 bridgehead atoms. The Bertz CT molecular complexity index is 621. The maximum absolute atomic E-state index is 13.2. The van der Waals surface area contributed by atoms with Gasteiger partial charge >= 0.3 is 0 Å². The summed E-state index contributed by atoms with van der Waals surface area (Å²) in [6.07, 6.45) is 0.00894. The van der Waals surface area contributed by atoms with Crippen molar-refractivity contribution < 1.29 is 18.3 Å². The van der Waals surface area contributed by atoms with Crippen LogP contribution < -0.4 is 0 Å². The first kappa shape index (κ1) is 14.9. The van der Waals surface area contributed by atoms with Crippen LogP contribution in [-0.4, -0.2) is 5.11 Å². The third kappa shape index (κ3) is 3.32. The van der Waals surface area contributed by atoms with Crippen LogP contribution in [0.15, 0.2) is 36.4 Å². The lowest BCUT2D eigenvalue weighted by Crippen LogP contribution is -2.25. The molecule has 106 valence electrons. The van der Waals surface area contributed by atoms with Gasteiger partial charge in [-0.15, -0.1) is 0 Å². The molecule has 2 aromatic rings. The molecule has 0 amide bonds. The molecular formula is C15H12ClF3O. The lowest BCUT2D eigenvalue weighted by Gasteiger charge is -2.24. The van der Waals surface area contributed by atoms with Gasteiger partial charge in [-0.2, -0.15) is 0 Å². The molecule has 1 unspecified atom stereocenters. The quantitative estimate of drug-likeness (QED) is 0.900. The molecule has 0 spiro atoms. The van der Waals surface area contributed by atoms with E-state index < -0.39 is 23.1 Å². The van der Waals surface area contributed by atoms with Crippen molar-refractivity contribution in [1.82, 2.24) is 0 Å². The second-order valence-corrected chi connectivity index (χ2v) is 5.25. The zero-order valence-corrected chi connectivity index (χ0v) is 11.4. The van der Waals surface area contributed by atoms with Gasteiger partial charge in [0.1, 0.15) is 17.5 Å². The van der Waals surface area contributed by atoms with Crippen molar-refractivity contribution in [1.29, 1.82) is 0 Å². The molecule has 1 N–H and O–H groups in total. The van der Waals surface area contributed by atoms with Gasteiger partial charge in [-0.25, -0.2) is 13.2 Å². The molecule has 0 fully saturated rings. The van der Waals surface area contributed by atoms with Gasteiger partial charge in [-0.3, -0.25) is 0 Å². The summed E-state index contributed by atoms with van der Waals surface area (Å²) in [6.45, 7) is 1.42. The summed E-state index contributed by atoms with van der Waals surface area (Å²) in [5.41, 5.74) is -0.942. The first-order valence-electron chi connectivity index (χ1n) is 5.91. The van der Waals surface area contributed by atoms with E-state index in [4.69, 9.17) is 11.6 Å². The Hall–Kier alpha value is -1.52. The fourth-order valence-electron chi connectivity index (χ4n) is 2.00. The third-order valence-corrected chi connectivity index (χ3v) is 3.39. The molecule has 0 aromatic heterocycles. The minimum atomic E-state index is -1.52. The molecule has 0 radical (unpaired) electrons. The fourth-order valence-corrected chi connectivity index (χ4v) is 2.24. The molecule has 0 aliphatic carbocycles. The molecule has 0 aliphatic heterocycles. The number of benzene rings is 2. The van der Waals surface area contributed by atoms with E-state index in [0.717, 1.165) is 24.3 Å². The van der Waals surface area contributed by atoms with Crippen LogP contribution in [0.3, 0.4) is 0 Å². The highest BCUT2D eigenvalue weighted by Gasteiger charge is 2.26. The number of aliphatic hydroxyl groups is 1. The highest BCUT2D eigenvalue weighted by molar-refractivity contribution is 6.31. The zero-order valence-electron chi connectivity index (χ0n) is 10.6. The van der Waals surface area contributed by atoms with Crippen molar-refractivity contribution >= 4 is 11.6 Å². The Morgan fingerprint density at radius 1 is 1.00 bits per heavy atom. The molecule has 1 nitrogen and oxygen atoms in total. The minimum Gasteiger partial charge on any atom is -0.385 e.